The minimum absolute atomic E-state index is 0.186. The lowest BCUT2D eigenvalue weighted by molar-refractivity contribution is 0.0639. The summed E-state index contributed by atoms with van der Waals surface area (Å²) in [5, 5.41) is 10.2. The zero-order valence-electron chi connectivity index (χ0n) is 12.0. The zero-order valence-corrected chi connectivity index (χ0v) is 12.0. The van der Waals surface area contributed by atoms with Crippen LogP contribution in [0.3, 0.4) is 0 Å². The number of aliphatic hydroxyl groups is 1. The van der Waals surface area contributed by atoms with Gasteiger partial charge in [0.1, 0.15) is 5.75 Å². The highest BCUT2D eigenvalue weighted by molar-refractivity contribution is 5.33. The molecule has 1 N–H and O–H groups in total. The molecule has 0 amide bonds. The van der Waals surface area contributed by atoms with Gasteiger partial charge in [-0.1, -0.05) is 44.4 Å². The molecule has 1 atom stereocenters. The van der Waals surface area contributed by atoms with E-state index in [0.29, 0.717) is 12.5 Å². The van der Waals surface area contributed by atoms with Crippen LogP contribution in [-0.2, 0) is 6.42 Å². The van der Waals surface area contributed by atoms with Crippen LogP contribution in [0.4, 0.5) is 0 Å². The Labute approximate surface area is 116 Å². The van der Waals surface area contributed by atoms with Crippen LogP contribution in [0.5, 0.6) is 5.75 Å². The average molecular weight is 262 g/mol. The van der Waals surface area contributed by atoms with Gasteiger partial charge in [0.15, 0.2) is 0 Å². The molecule has 1 aliphatic carbocycles. The second kappa shape index (κ2) is 7.54. The Bertz CT molecular complexity index is 369. The number of aryl methyl sites for hydroxylation is 1. The van der Waals surface area contributed by atoms with Crippen LogP contribution in [0.25, 0.3) is 0 Å². The first-order valence-electron chi connectivity index (χ1n) is 7.70. The molecule has 0 heterocycles. The van der Waals surface area contributed by atoms with E-state index in [1.165, 1.54) is 37.7 Å². The molecule has 1 saturated carbocycles. The van der Waals surface area contributed by atoms with Crippen molar-refractivity contribution in [2.75, 3.05) is 6.61 Å². The molecule has 1 aromatic rings. The highest BCUT2D eigenvalue weighted by Gasteiger charge is 2.21. The third kappa shape index (κ3) is 4.24. The summed E-state index contributed by atoms with van der Waals surface area (Å²) in [7, 11) is 0. The predicted octanol–water partition coefficient (Wildman–Crippen LogP) is 3.96. The van der Waals surface area contributed by atoms with Gasteiger partial charge in [-0.3, -0.25) is 0 Å². The van der Waals surface area contributed by atoms with Gasteiger partial charge in [-0.15, -0.1) is 0 Å². The quantitative estimate of drug-likeness (QED) is 0.841. The van der Waals surface area contributed by atoms with Crippen molar-refractivity contribution in [3.05, 3.63) is 29.8 Å². The Morgan fingerprint density at radius 1 is 1.21 bits per heavy atom. The largest absolute Gasteiger partial charge is 0.493 e. The van der Waals surface area contributed by atoms with Gasteiger partial charge in [-0.2, -0.15) is 0 Å². The maximum absolute atomic E-state index is 10.2. The summed E-state index contributed by atoms with van der Waals surface area (Å²) in [6, 6.07) is 8.17. The van der Waals surface area contributed by atoms with Gasteiger partial charge >= 0.3 is 0 Å². The second-order valence-corrected chi connectivity index (χ2v) is 5.56. The van der Waals surface area contributed by atoms with E-state index in [4.69, 9.17) is 4.74 Å². The van der Waals surface area contributed by atoms with Gasteiger partial charge in [-0.05, 0) is 36.8 Å². The lowest BCUT2D eigenvalue weighted by Gasteiger charge is -2.26. The Kier molecular flexibility index (Phi) is 5.71. The van der Waals surface area contributed by atoms with Gasteiger partial charge < -0.3 is 9.84 Å². The fraction of sp³-hybridized carbons (Fsp3) is 0.647. The maximum atomic E-state index is 10.2. The molecule has 19 heavy (non-hydrogen) atoms. The molecule has 0 saturated heterocycles. The molecule has 0 bridgehead atoms. The first-order valence-corrected chi connectivity index (χ1v) is 7.70. The number of ether oxygens (including phenoxy) is 1. The van der Waals surface area contributed by atoms with E-state index >= 15 is 0 Å². The lowest BCUT2D eigenvalue weighted by atomic mass is 9.84. The number of aliphatic hydroxyl groups excluding tert-OH is 1. The standard InChI is InChI=1S/C17H26O2/c1-2-14-8-6-7-11-17(14)19-13-12-16(18)15-9-4-3-5-10-15/h6-8,11,15-16,18H,2-5,9-10,12-13H2,1H3. The van der Waals surface area contributed by atoms with Crippen LogP contribution in [-0.4, -0.2) is 17.8 Å². The molecule has 1 aliphatic rings. The number of hydrogen-bond acceptors (Lipinski definition) is 2. The van der Waals surface area contributed by atoms with E-state index in [9.17, 15) is 5.11 Å². The molecular formula is C17H26O2. The van der Waals surface area contributed by atoms with E-state index < -0.39 is 0 Å². The van der Waals surface area contributed by atoms with Gasteiger partial charge in [-0.25, -0.2) is 0 Å². The smallest absolute Gasteiger partial charge is 0.122 e. The van der Waals surface area contributed by atoms with Gasteiger partial charge in [0, 0.05) is 6.42 Å². The van der Waals surface area contributed by atoms with Crippen LogP contribution in [0.1, 0.15) is 51.0 Å². The topological polar surface area (TPSA) is 29.5 Å². The molecule has 2 heteroatoms. The van der Waals surface area contributed by atoms with E-state index in [0.717, 1.165) is 18.6 Å². The summed E-state index contributed by atoms with van der Waals surface area (Å²) in [5.74, 6) is 1.47. The molecule has 0 aromatic heterocycles. The molecule has 1 unspecified atom stereocenters. The first kappa shape index (κ1) is 14.4. The summed E-state index contributed by atoms with van der Waals surface area (Å²) >= 11 is 0. The van der Waals surface area contributed by atoms with Crippen molar-refractivity contribution in [3.63, 3.8) is 0 Å². The maximum Gasteiger partial charge on any atom is 0.122 e. The Morgan fingerprint density at radius 3 is 2.68 bits per heavy atom. The molecule has 0 spiro atoms. The van der Waals surface area contributed by atoms with E-state index in [2.05, 4.69) is 13.0 Å². The Hall–Kier alpha value is -1.02. The summed E-state index contributed by atoms with van der Waals surface area (Å²) in [6.45, 7) is 2.76. The number of benzene rings is 1. The lowest BCUT2D eigenvalue weighted by Crippen LogP contribution is -2.24. The normalized spacial score (nSPS) is 18.2. The van der Waals surface area contributed by atoms with Crippen LogP contribution in [0, 0.1) is 5.92 Å². The molecule has 1 fully saturated rings. The molecule has 2 nitrogen and oxygen atoms in total. The first-order chi connectivity index (χ1) is 9.31. The van der Waals surface area contributed by atoms with Crippen LogP contribution >= 0.6 is 0 Å². The number of para-hydroxylation sites is 1. The molecule has 106 valence electrons. The number of rotatable bonds is 6. The molecule has 0 aliphatic heterocycles. The summed E-state index contributed by atoms with van der Waals surface area (Å²) in [6.07, 6.45) is 7.82. The van der Waals surface area contributed by atoms with Crippen molar-refractivity contribution in [3.8, 4) is 5.75 Å². The molecule has 0 radical (unpaired) electrons. The minimum Gasteiger partial charge on any atom is -0.493 e. The third-order valence-corrected chi connectivity index (χ3v) is 4.22. The van der Waals surface area contributed by atoms with Crippen LogP contribution in [0.15, 0.2) is 24.3 Å². The van der Waals surface area contributed by atoms with Crippen molar-refractivity contribution < 1.29 is 9.84 Å². The Morgan fingerprint density at radius 2 is 1.95 bits per heavy atom. The highest BCUT2D eigenvalue weighted by atomic mass is 16.5. The summed E-state index contributed by atoms with van der Waals surface area (Å²) in [4.78, 5) is 0. The van der Waals surface area contributed by atoms with Crippen molar-refractivity contribution >= 4 is 0 Å². The number of hydrogen-bond donors (Lipinski definition) is 1. The van der Waals surface area contributed by atoms with Crippen LogP contribution < -0.4 is 4.74 Å². The van der Waals surface area contributed by atoms with Crippen molar-refractivity contribution in [2.24, 2.45) is 5.92 Å². The molecular weight excluding hydrogens is 236 g/mol. The molecule has 2 rings (SSSR count). The fourth-order valence-corrected chi connectivity index (χ4v) is 2.98. The second-order valence-electron chi connectivity index (χ2n) is 5.56. The van der Waals surface area contributed by atoms with Gasteiger partial charge in [0.05, 0.1) is 12.7 Å². The third-order valence-electron chi connectivity index (χ3n) is 4.22. The zero-order chi connectivity index (χ0) is 13.5. The molecule has 1 aromatic carbocycles. The minimum atomic E-state index is -0.186. The predicted molar refractivity (Wildman–Crippen MR) is 78.5 cm³/mol. The van der Waals surface area contributed by atoms with Crippen molar-refractivity contribution in [1.82, 2.24) is 0 Å². The highest BCUT2D eigenvalue weighted by Crippen LogP contribution is 2.28. The summed E-state index contributed by atoms with van der Waals surface area (Å²) < 4.78 is 5.83. The average Bonchev–Trinajstić information content (AvgIpc) is 2.48. The Balaban J connectivity index is 1.76. The monoisotopic (exact) mass is 262 g/mol. The van der Waals surface area contributed by atoms with Gasteiger partial charge in [0.2, 0.25) is 0 Å². The summed E-state index contributed by atoms with van der Waals surface area (Å²) in [5.41, 5.74) is 1.25. The van der Waals surface area contributed by atoms with Crippen molar-refractivity contribution in [1.29, 1.82) is 0 Å². The van der Waals surface area contributed by atoms with Crippen molar-refractivity contribution in [2.45, 2.75) is 58.0 Å². The SMILES string of the molecule is CCc1ccccc1OCCC(O)C1CCCCC1. The van der Waals surface area contributed by atoms with E-state index in [1.807, 2.05) is 18.2 Å². The van der Waals surface area contributed by atoms with E-state index in [1.54, 1.807) is 0 Å². The fourth-order valence-electron chi connectivity index (χ4n) is 2.98. The van der Waals surface area contributed by atoms with Gasteiger partial charge in [0.25, 0.3) is 0 Å². The van der Waals surface area contributed by atoms with E-state index in [-0.39, 0.29) is 6.10 Å². The van der Waals surface area contributed by atoms with Crippen LogP contribution in [0.2, 0.25) is 0 Å².